The van der Waals surface area contributed by atoms with Crippen LogP contribution in [0.3, 0.4) is 0 Å². The molecule has 6 heteroatoms. The van der Waals surface area contributed by atoms with Gasteiger partial charge in [-0.2, -0.15) is 0 Å². The van der Waals surface area contributed by atoms with Gasteiger partial charge >= 0.3 is 0 Å². The van der Waals surface area contributed by atoms with Gasteiger partial charge in [-0.15, -0.1) is 0 Å². The van der Waals surface area contributed by atoms with Crippen LogP contribution in [0.25, 0.3) is 10.9 Å². The van der Waals surface area contributed by atoms with Gasteiger partial charge in [0, 0.05) is 25.2 Å². The lowest BCUT2D eigenvalue weighted by Crippen LogP contribution is -2.43. The summed E-state index contributed by atoms with van der Waals surface area (Å²) in [7, 11) is 3.46. The first-order valence-electron chi connectivity index (χ1n) is 10.7. The summed E-state index contributed by atoms with van der Waals surface area (Å²) in [5.41, 5.74) is 2.63. The minimum Gasteiger partial charge on any atom is -0.494 e. The average Bonchev–Trinajstić information content (AvgIpc) is 2.81. The van der Waals surface area contributed by atoms with Gasteiger partial charge in [0.15, 0.2) is 0 Å². The van der Waals surface area contributed by atoms with Crippen LogP contribution in [0.15, 0.2) is 54.7 Å². The number of halogens is 1. The minimum atomic E-state index is -0.409. The molecule has 3 aromatic rings. The fourth-order valence-electron chi connectivity index (χ4n) is 4.38. The Bertz CT molecular complexity index is 1050. The summed E-state index contributed by atoms with van der Waals surface area (Å²) in [4.78, 5) is 22.1. The van der Waals surface area contributed by atoms with Crippen LogP contribution < -0.4 is 4.74 Å². The van der Waals surface area contributed by atoms with Gasteiger partial charge in [0.2, 0.25) is 5.91 Å². The van der Waals surface area contributed by atoms with E-state index in [4.69, 9.17) is 4.74 Å². The van der Waals surface area contributed by atoms with Crippen molar-refractivity contribution in [3.8, 4) is 5.75 Å². The Balaban J connectivity index is 1.63. The summed E-state index contributed by atoms with van der Waals surface area (Å²) in [5.74, 6) is 0.436. The summed E-state index contributed by atoms with van der Waals surface area (Å²) in [5, 5.41) is 0.970. The lowest BCUT2D eigenvalue weighted by Gasteiger charge is -2.36. The summed E-state index contributed by atoms with van der Waals surface area (Å²) >= 11 is 0. The monoisotopic (exact) mass is 421 g/mol. The molecule has 1 amide bonds. The molecule has 0 aliphatic carbocycles. The molecule has 0 N–H and O–H groups in total. The third-order valence-electron chi connectivity index (χ3n) is 6.00. The van der Waals surface area contributed by atoms with Crippen molar-refractivity contribution in [1.29, 1.82) is 0 Å². The Hall–Kier alpha value is -2.99. The van der Waals surface area contributed by atoms with E-state index >= 15 is 0 Å². The highest BCUT2D eigenvalue weighted by Gasteiger charge is 2.31. The minimum absolute atomic E-state index is 0.0152. The molecule has 1 fully saturated rings. The van der Waals surface area contributed by atoms with Gasteiger partial charge in [0.1, 0.15) is 23.1 Å². The Morgan fingerprint density at radius 2 is 1.87 bits per heavy atom. The van der Waals surface area contributed by atoms with Gasteiger partial charge in [0.25, 0.3) is 0 Å². The van der Waals surface area contributed by atoms with Gasteiger partial charge in [0.05, 0.1) is 7.11 Å². The second kappa shape index (κ2) is 9.43. The number of nitrogens with zero attached hydrogens (tertiary/aromatic N) is 3. The van der Waals surface area contributed by atoms with Crippen molar-refractivity contribution >= 4 is 16.8 Å². The number of amides is 1. The quantitative estimate of drug-likeness (QED) is 0.585. The van der Waals surface area contributed by atoms with Crippen molar-refractivity contribution in [2.75, 3.05) is 27.2 Å². The number of likely N-dealkylation sites (N-methyl/N-ethyl adjacent to an activating group) is 1. The van der Waals surface area contributed by atoms with Crippen LogP contribution >= 0.6 is 0 Å². The number of hydrogen-bond acceptors (Lipinski definition) is 4. The van der Waals surface area contributed by atoms with E-state index in [0.29, 0.717) is 12.3 Å². The molecule has 0 saturated carbocycles. The molecule has 31 heavy (non-hydrogen) atoms. The van der Waals surface area contributed by atoms with Crippen molar-refractivity contribution in [3.05, 3.63) is 71.7 Å². The zero-order valence-electron chi connectivity index (χ0n) is 18.1. The van der Waals surface area contributed by atoms with Crippen LogP contribution in [-0.2, 0) is 11.3 Å². The zero-order chi connectivity index (χ0) is 21.8. The number of hydrogen-bond donors (Lipinski definition) is 0. The van der Waals surface area contributed by atoms with Gasteiger partial charge in [-0.3, -0.25) is 14.7 Å². The average molecular weight is 422 g/mol. The van der Waals surface area contributed by atoms with Crippen molar-refractivity contribution in [2.45, 2.75) is 31.8 Å². The molecule has 162 valence electrons. The van der Waals surface area contributed by atoms with Gasteiger partial charge in [-0.1, -0.05) is 30.7 Å². The van der Waals surface area contributed by atoms with E-state index in [1.54, 1.807) is 30.3 Å². The molecule has 2 aromatic carbocycles. The molecule has 1 aromatic heterocycles. The second-order valence-corrected chi connectivity index (χ2v) is 8.07. The SMILES string of the molecule is COc1ccc(CN(C)C(=O)C(c2ccc(F)cc2)N2CCCCC2)c2cccnc12. The summed E-state index contributed by atoms with van der Waals surface area (Å²) < 4.78 is 19.0. The Kier molecular flexibility index (Phi) is 6.47. The van der Waals surface area contributed by atoms with Crippen LogP contribution in [0.4, 0.5) is 4.39 Å². The normalized spacial score (nSPS) is 15.6. The largest absolute Gasteiger partial charge is 0.494 e. The molecule has 1 atom stereocenters. The molecule has 4 rings (SSSR count). The van der Waals surface area contributed by atoms with E-state index in [9.17, 15) is 9.18 Å². The van der Waals surface area contributed by atoms with Crippen LogP contribution in [0.2, 0.25) is 0 Å². The van der Waals surface area contributed by atoms with Crippen LogP contribution in [0.5, 0.6) is 5.75 Å². The van der Waals surface area contributed by atoms with E-state index in [1.807, 2.05) is 31.3 Å². The topological polar surface area (TPSA) is 45.7 Å². The van der Waals surface area contributed by atoms with Crippen LogP contribution in [-0.4, -0.2) is 47.9 Å². The first kappa shape index (κ1) is 21.2. The van der Waals surface area contributed by atoms with Crippen LogP contribution in [0, 0.1) is 5.82 Å². The third-order valence-corrected chi connectivity index (χ3v) is 6.00. The number of ether oxygens (including phenoxy) is 1. The number of piperidine rings is 1. The lowest BCUT2D eigenvalue weighted by atomic mass is 10.00. The number of rotatable bonds is 6. The predicted octanol–water partition coefficient (Wildman–Crippen LogP) is 4.57. The van der Waals surface area contributed by atoms with E-state index < -0.39 is 6.04 Å². The molecule has 0 radical (unpaired) electrons. The first-order valence-corrected chi connectivity index (χ1v) is 10.7. The van der Waals surface area contributed by atoms with E-state index in [0.717, 1.165) is 48.0 Å². The molecule has 2 heterocycles. The number of methoxy groups -OCH3 is 1. The molecule has 1 aliphatic heterocycles. The molecule has 0 bridgehead atoms. The van der Waals surface area contributed by atoms with Crippen LogP contribution in [0.1, 0.15) is 36.4 Å². The van der Waals surface area contributed by atoms with E-state index in [1.165, 1.54) is 18.6 Å². The highest BCUT2D eigenvalue weighted by molar-refractivity contribution is 5.88. The number of pyridine rings is 1. The maximum Gasteiger partial charge on any atom is 0.244 e. The highest BCUT2D eigenvalue weighted by atomic mass is 19.1. The van der Waals surface area contributed by atoms with Gasteiger partial charge in [-0.05, 0) is 61.3 Å². The van der Waals surface area contributed by atoms with Crippen molar-refractivity contribution < 1.29 is 13.9 Å². The highest BCUT2D eigenvalue weighted by Crippen LogP contribution is 2.30. The molecule has 1 unspecified atom stereocenters. The summed E-state index contributed by atoms with van der Waals surface area (Å²) in [6.07, 6.45) is 5.07. The Morgan fingerprint density at radius 1 is 1.13 bits per heavy atom. The Labute approximate surface area is 182 Å². The van der Waals surface area contributed by atoms with Crippen molar-refractivity contribution in [1.82, 2.24) is 14.8 Å². The first-order chi connectivity index (χ1) is 15.1. The molecule has 1 aliphatic rings. The predicted molar refractivity (Wildman–Crippen MR) is 119 cm³/mol. The molecule has 5 nitrogen and oxygen atoms in total. The zero-order valence-corrected chi connectivity index (χ0v) is 18.1. The van der Waals surface area contributed by atoms with Gasteiger partial charge < -0.3 is 9.64 Å². The van der Waals surface area contributed by atoms with Crippen molar-refractivity contribution in [3.63, 3.8) is 0 Å². The Morgan fingerprint density at radius 3 is 2.58 bits per heavy atom. The number of likely N-dealkylation sites (tertiary alicyclic amines) is 1. The maximum atomic E-state index is 13.6. The number of carbonyl (C=O) groups excluding carboxylic acids is 1. The summed E-state index contributed by atoms with van der Waals surface area (Å²) in [6.45, 7) is 2.20. The van der Waals surface area contributed by atoms with E-state index in [2.05, 4.69) is 9.88 Å². The second-order valence-electron chi connectivity index (χ2n) is 8.07. The smallest absolute Gasteiger partial charge is 0.244 e. The standard InChI is InChI=1S/C25H28FN3O2/c1-28(17-19-10-13-22(31-2)23-21(19)7-6-14-27-23)25(30)24(29-15-4-3-5-16-29)18-8-11-20(26)12-9-18/h6-14,24H,3-5,15-17H2,1-2H3. The number of benzene rings is 2. The fraction of sp³-hybridized carbons (Fsp3) is 0.360. The summed E-state index contributed by atoms with van der Waals surface area (Å²) in [6, 6.07) is 13.7. The third kappa shape index (κ3) is 4.54. The lowest BCUT2D eigenvalue weighted by molar-refractivity contribution is -0.137. The van der Waals surface area contributed by atoms with Crippen molar-refractivity contribution in [2.24, 2.45) is 0 Å². The molecule has 0 spiro atoms. The number of aromatic nitrogens is 1. The molecular formula is C25H28FN3O2. The molecular weight excluding hydrogens is 393 g/mol. The van der Waals surface area contributed by atoms with Gasteiger partial charge in [-0.25, -0.2) is 4.39 Å². The number of carbonyl (C=O) groups is 1. The maximum absolute atomic E-state index is 13.6. The van der Waals surface area contributed by atoms with E-state index in [-0.39, 0.29) is 11.7 Å². The fourth-order valence-corrected chi connectivity index (χ4v) is 4.38. The molecule has 1 saturated heterocycles. The number of fused-ring (bicyclic) bond motifs is 1.